The maximum atomic E-state index is 12.0. The minimum Gasteiger partial charge on any atom is -0.493 e. The first-order valence-electron chi connectivity index (χ1n) is 6.37. The van der Waals surface area contributed by atoms with E-state index in [0.29, 0.717) is 18.1 Å². The zero-order valence-electron chi connectivity index (χ0n) is 12.2. The highest BCUT2D eigenvalue weighted by Gasteiger charge is 2.21. The minimum absolute atomic E-state index is 0.276. The van der Waals surface area contributed by atoms with Crippen LogP contribution in [0.25, 0.3) is 0 Å². The van der Waals surface area contributed by atoms with Crippen LogP contribution in [0.15, 0.2) is 18.2 Å². The van der Waals surface area contributed by atoms with Gasteiger partial charge in [0.25, 0.3) is 5.91 Å². The highest BCUT2D eigenvalue weighted by molar-refractivity contribution is 5.97. The van der Waals surface area contributed by atoms with E-state index in [4.69, 9.17) is 14.6 Å². The Balaban J connectivity index is 2.89. The summed E-state index contributed by atoms with van der Waals surface area (Å²) in [4.78, 5) is 23.4. The van der Waals surface area contributed by atoms with Crippen LogP contribution in [0.4, 0.5) is 0 Å². The first-order chi connectivity index (χ1) is 10.1. The molecule has 1 rings (SSSR count). The zero-order valence-corrected chi connectivity index (χ0v) is 12.2. The maximum absolute atomic E-state index is 12.0. The largest absolute Gasteiger partial charge is 0.493 e. The van der Waals surface area contributed by atoms with Gasteiger partial charge in [-0.15, -0.1) is 0 Å². The number of rotatable bonds is 7. The maximum Gasteiger partial charge on any atom is 0.330 e. The second-order valence-corrected chi connectivity index (χ2v) is 4.03. The van der Waals surface area contributed by atoms with Gasteiger partial charge in [0.05, 0.1) is 27.4 Å². The smallest absolute Gasteiger partial charge is 0.330 e. The third-order valence-electron chi connectivity index (χ3n) is 2.70. The van der Waals surface area contributed by atoms with Gasteiger partial charge in [0.15, 0.2) is 17.5 Å². The number of hydrogen-bond acceptors (Lipinski definition) is 6. The molecule has 0 saturated heterocycles. The van der Waals surface area contributed by atoms with Gasteiger partial charge in [-0.05, 0) is 25.1 Å². The van der Waals surface area contributed by atoms with Crippen LogP contribution in [0.5, 0.6) is 11.5 Å². The molecule has 0 spiro atoms. The van der Waals surface area contributed by atoms with Crippen molar-refractivity contribution in [1.29, 1.82) is 0 Å². The van der Waals surface area contributed by atoms with Crippen molar-refractivity contribution in [2.45, 2.75) is 13.0 Å². The molecule has 1 atom stereocenters. The van der Waals surface area contributed by atoms with Crippen molar-refractivity contribution in [2.24, 2.45) is 0 Å². The van der Waals surface area contributed by atoms with Crippen LogP contribution in [-0.2, 0) is 9.53 Å². The SMILES string of the molecule is CCOc1ccc(C(=O)N[C@H](CO)C(=O)OC)cc1OC. The molecular formula is C14H19NO6. The Bertz CT molecular complexity index is 502. The lowest BCUT2D eigenvalue weighted by molar-refractivity contribution is -0.143. The fourth-order valence-corrected chi connectivity index (χ4v) is 1.65. The van der Waals surface area contributed by atoms with Gasteiger partial charge >= 0.3 is 5.97 Å². The molecule has 7 heteroatoms. The highest BCUT2D eigenvalue weighted by atomic mass is 16.5. The fourth-order valence-electron chi connectivity index (χ4n) is 1.65. The number of carbonyl (C=O) groups is 2. The summed E-state index contributed by atoms with van der Waals surface area (Å²) in [5.41, 5.74) is 0.276. The summed E-state index contributed by atoms with van der Waals surface area (Å²) in [7, 11) is 2.64. The molecule has 0 bridgehead atoms. The Hall–Kier alpha value is -2.28. The van der Waals surface area contributed by atoms with Gasteiger partial charge in [-0.2, -0.15) is 0 Å². The van der Waals surface area contributed by atoms with Crippen LogP contribution in [0.2, 0.25) is 0 Å². The van der Waals surface area contributed by atoms with E-state index in [1.54, 1.807) is 6.07 Å². The number of carbonyl (C=O) groups excluding carboxylic acids is 2. The van der Waals surface area contributed by atoms with Crippen molar-refractivity contribution in [3.63, 3.8) is 0 Å². The van der Waals surface area contributed by atoms with E-state index in [0.717, 1.165) is 0 Å². The Kier molecular flexibility index (Phi) is 6.48. The molecule has 0 heterocycles. The van der Waals surface area contributed by atoms with E-state index in [1.807, 2.05) is 6.92 Å². The second-order valence-electron chi connectivity index (χ2n) is 4.03. The summed E-state index contributed by atoms with van der Waals surface area (Å²) >= 11 is 0. The number of hydrogen-bond donors (Lipinski definition) is 2. The molecule has 21 heavy (non-hydrogen) atoms. The Morgan fingerprint density at radius 3 is 2.52 bits per heavy atom. The predicted octanol–water partition coefficient (Wildman–Crippen LogP) is 0.358. The van der Waals surface area contributed by atoms with Crippen LogP contribution in [-0.4, -0.2) is 50.5 Å². The monoisotopic (exact) mass is 297 g/mol. The Labute approximate surface area is 122 Å². The number of amides is 1. The first kappa shape index (κ1) is 16.8. The topological polar surface area (TPSA) is 94.1 Å². The van der Waals surface area contributed by atoms with Crippen molar-refractivity contribution in [1.82, 2.24) is 5.32 Å². The molecule has 0 aliphatic heterocycles. The van der Waals surface area contributed by atoms with Gasteiger partial charge in [0.2, 0.25) is 0 Å². The number of aliphatic hydroxyl groups excluding tert-OH is 1. The van der Waals surface area contributed by atoms with E-state index in [1.165, 1.54) is 26.4 Å². The number of ether oxygens (including phenoxy) is 3. The third-order valence-corrected chi connectivity index (χ3v) is 2.70. The van der Waals surface area contributed by atoms with Crippen molar-refractivity contribution < 1.29 is 28.9 Å². The number of methoxy groups -OCH3 is 2. The van der Waals surface area contributed by atoms with Gasteiger partial charge in [0, 0.05) is 5.56 Å². The molecule has 1 amide bonds. The van der Waals surface area contributed by atoms with Gasteiger partial charge in [-0.25, -0.2) is 4.79 Å². The molecule has 116 valence electrons. The summed E-state index contributed by atoms with van der Waals surface area (Å²) < 4.78 is 15.0. The summed E-state index contributed by atoms with van der Waals surface area (Å²) in [5.74, 6) is -0.323. The quantitative estimate of drug-likeness (QED) is 0.706. The van der Waals surface area contributed by atoms with Crippen molar-refractivity contribution >= 4 is 11.9 Å². The molecule has 1 aromatic rings. The van der Waals surface area contributed by atoms with Crippen molar-refractivity contribution in [3.05, 3.63) is 23.8 Å². The summed E-state index contributed by atoms with van der Waals surface area (Å²) in [6, 6.07) is 3.52. The molecule has 7 nitrogen and oxygen atoms in total. The molecule has 0 fully saturated rings. The van der Waals surface area contributed by atoms with Crippen LogP contribution >= 0.6 is 0 Å². The molecule has 1 aromatic carbocycles. The van der Waals surface area contributed by atoms with Gasteiger partial charge in [0.1, 0.15) is 0 Å². The van der Waals surface area contributed by atoms with E-state index < -0.39 is 24.5 Å². The zero-order chi connectivity index (χ0) is 15.8. The molecule has 0 unspecified atom stereocenters. The standard InChI is InChI=1S/C14H19NO6/c1-4-21-11-6-5-9(7-12(11)19-2)13(17)15-10(8-16)14(18)20-3/h5-7,10,16H,4,8H2,1-3H3,(H,15,17)/t10-/m1/s1. The number of esters is 1. The lowest BCUT2D eigenvalue weighted by Crippen LogP contribution is -2.44. The number of nitrogens with one attached hydrogen (secondary N) is 1. The molecular weight excluding hydrogens is 278 g/mol. The van der Waals surface area contributed by atoms with Crippen LogP contribution in [0.3, 0.4) is 0 Å². The van der Waals surface area contributed by atoms with Crippen LogP contribution in [0, 0.1) is 0 Å². The summed E-state index contributed by atoms with van der Waals surface area (Å²) in [6.07, 6.45) is 0. The number of benzene rings is 1. The van der Waals surface area contributed by atoms with Crippen LogP contribution < -0.4 is 14.8 Å². The predicted molar refractivity (Wildman–Crippen MR) is 74.5 cm³/mol. The highest BCUT2D eigenvalue weighted by Crippen LogP contribution is 2.27. The third kappa shape index (κ3) is 4.35. The van der Waals surface area contributed by atoms with Crippen molar-refractivity contribution in [3.8, 4) is 11.5 Å². The molecule has 0 aliphatic carbocycles. The molecule has 0 saturated carbocycles. The lowest BCUT2D eigenvalue weighted by atomic mass is 10.1. The summed E-state index contributed by atoms with van der Waals surface area (Å²) in [6.45, 7) is 1.76. The first-order valence-corrected chi connectivity index (χ1v) is 6.37. The average Bonchev–Trinajstić information content (AvgIpc) is 2.52. The summed E-state index contributed by atoms with van der Waals surface area (Å²) in [5, 5.41) is 11.5. The van der Waals surface area contributed by atoms with Gasteiger partial charge in [-0.3, -0.25) is 4.79 Å². The average molecular weight is 297 g/mol. The minimum atomic E-state index is -1.11. The van der Waals surface area contributed by atoms with E-state index in [-0.39, 0.29) is 5.56 Å². The van der Waals surface area contributed by atoms with E-state index in [2.05, 4.69) is 10.1 Å². The van der Waals surface area contributed by atoms with Crippen LogP contribution in [0.1, 0.15) is 17.3 Å². The fraction of sp³-hybridized carbons (Fsp3) is 0.429. The molecule has 0 radical (unpaired) electrons. The molecule has 0 aliphatic rings. The Morgan fingerprint density at radius 2 is 2.00 bits per heavy atom. The number of aliphatic hydroxyl groups is 1. The molecule has 2 N–H and O–H groups in total. The van der Waals surface area contributed by atoms with E-state index >= 15 is 0 Å². The molecule has 0 aromatic heterocycles. The van der Waals surface area contributed by atoms with E-state index in [9.17, 15) is 9.59 Å². The second kappa shape index (κ2) is 8.11. The van der Waals surface area contributed by atoms with Gasteiger partial charge in [-0.1, -0.05) is 0 Å². The van der Waals surface area contributed by atoms with Gasteiger partial charge < -0.3 is 24.6 Å². The normalized spacial score (nSPS) is 11.4. The Morgan fingerprint density at radius 1 is 1.29 bits per heavy atom. The van der Waals surface area contributed by atoms with Crippen molar-refractivity contribution in [2.75, 3.05) is 27.4 Å². The lowest BCUT2D eigenvalue weighted by Gasteiger charge is -2.15.